The van der Waals surface area contributed by atoms with Crippen molar-refractivity contribution in [2.45, 2.75) is 0 Å². The summed E-state index contributed by atoms with van der Waals surface area (Å²) in [5.41, 5.74) is 6.31. The Balaban J connectivity index is 2.92. The quantitative estimate of drug-likeness (QED) is 0.493. The summed E-state index contributed by atoms with van der Waals surface area (Å²) in [6, 6.07) is 4.95. The number of anilines is 1. The fraction of sp³-hybridized carbons (Fsp3) is 0.300. The molecule has 106 valence electrons. The summed E-state index contributed by atoms with van der Waals surface area (Å²) >= 11 is 8.13. The van der Waals surface area contributed by atoms with Crippen molar-refractivity contribution in [3.05, 3.63) is 28.2 Å². The zero-order chi connectivity index (χ0) is 14.5. The number of thiocarbonyl (C=S) groups is 1. The molecule has 0 heterocycles. The Kier molecular flexibility index (Phi) is 6.14. The van der Waals surface area contributed by atoms with Gasteiger partial charge >= 0.3 is 0 Å². The van der Waals surface area contributed by atoms with E-state index in [1.165, 1.54) is 7.11 Å². The lowest BCUT2D eigenvalue weighted by molar-refractivity contribution is 0.204. The van der Waals surface area contributed by atoms with Crippen LogP contribution in [0.25, 0.3) is 0 Å². The second-order valence-electron chi connectivity index (χ2n) is 3.55. The molecule has 6 nitrogen and oxygen atoms in total. The van der Waals surface area contributed by atoms with E-state index in [1.807, 2.05) is 0 Å². The molecule has 0 aromatic heterocycles. The first-order valence-corrected chi connectivity index (χ1v) is 7.90. The van der Waals surface area contributed by atoms with E-state index in [0.717, 1.165) is 0 Å². The van der Waals surface area contributed by atoms with Crippen molar-refractivity contribution in [1.82, 2.24) is 4.72 Å². The third-order valence-corrected chi connectivity index (χ3v) is 3.88. The lowest BCUT2D eigenvalue weighted by atomic mass is 10.2. The minimum Gasteiger partial charge on any atom is -0.389 e. The number of rotatable bonds is 7. The van der Waals surface area contributed by atoms with E-state index in [4.69, 9.17) is 22.7 Å². The Bertz CT molecular complexity index is 563. The lowest BCUT2D eigenvalue weighted by Gasteiger charge is -2.12. The topological polar surface area (TPSA) is 93.4 Å². The minimum atomic E-state index is -3.70. The molecule has 0 aliphatic carbocycles. The Labute approximate surface area is 126 Å². The van der Waals surface area contributed by atoms with Crippen LogP contribution in [0.2, 0.25) is 0 Å². The summed E-state index contributed by atoms with van der Waals surface area (Å²) in [7, 11) is -2.21. The maximum absolute atomic E-state index is 11.8. The highest BCUT2D eigenvalue weighted by Crippen LogP contribution is 2.22. The molecule has 0 radical (unpaired) electrons. The fourth-order valence-electron chi connectivity index (χ4n) is 1.27. The maximum Gasteiger partial charge on any atom is 0.299 e. The van der Waals surface area contributed by atoms with Crippen LogP contribution < -0.4 is 15.2 Å². The molecule has 1 aromatic rings. The molecule has 0 spiro atoms. The van der Waals surface area contributed by atoms with Gasteiger partial charge in [-0.05, 0) is 18.2 Å². The first kappa shape index (κ1) is 16.3. The van der Waals surface area contributed by atoms with Crippen LogP contribution in [-0.4, -0.2) is 33.7 Å². The second-order valence-corrected chi connectivity index (χ2v) is 6.40. The molecule has 0 unspecified atom stereocenters. The van der Waals surface area contributed by atoms with Crippen LogP contribution in [0.1, 0.15) is 5.56 Å². The van der Waals surface area contributed by atoms with Crippen molar-refractivity contribution >= 4 is 49.0 Å². The zero-order valence-corrected chi connectivity index (χ0v) is 13.4. The molecule has 0 bridgehead atoms. The largest absolute Gasteiger partial charge is 0.389 e. The Morgan fingerprint density at radius 2 is 2.21 bits per heavy atom. The molecular weight excluding hydrogens is 354 g/mol. The third-order valence-electron chi connectivity index (χ3n) is 2.09. The summed E-state index contributed by atoms with van der Waals surface area (Å²) < 4.78 is 33.7. The van der Waals surface area contributed by atoms with Gasteiger partial charge in [-0.15, -0.1) is 0 Å². The minimum absolute atomic E-state index is 0.113. The number of hydrogen-bond donors (Lipinski definition) is 3. The van der Waals surface area contributed by atoms with E-state index in [9.17, 15) is 8.42 Å². The molecule has 9 heteroatoms. The Morgan fingerprint density at radius 3 is 2.79 bits per heavy atom. The van der Waals surface area contributed by atoms with E-state index < -0.39 is 10.2 Å². The van der Waals surface area contributed by atoms with Gasteiger partial charge in [-0.1, -0.05) is 28.1 Å². The summed E-state index contributed by atoms with van der Waals surface area (Å²) in [5, 5.41) is 0. The number of ether oxygens (including phenoxy) is 1. The standard InChI is InChI=1S/C10H14BrN3O3S2/c1-17-5-4-13-19(15,16)14-9-6-7(11)2-3-8(9)10(12)18/h2-3,6,13-14H,4-5H2,1H3,(H2,12,18). The fourth-order valence-corrected chi connectivity index (χ4v) is 2.70. The second kappa shape index (κ2) is 7.15. The van der Waals surface area contributed by atoms with E-state index in [-0.39, 0.29) is 18.1 Å². The van der Waals surface area contributed by atoms with Gasteiger partial charge in [0.25, 0.3) is 10.2 Å². The summed E-state index contributed by atoms with van der Waals surface area (Å²) in [6.07, 6.45) is 0. The number of benzene rings is 1. The predicted octanol–water partition coefficient (Wildman–Crippen LogP) is 0.976. The van der Waals surface area contributed by atoms with Crippen LogP contribution in [0.3, 0.4) is 0 Å². The van der Waals surface area contributed by atoms with Gasteiger partial charge in [0.2, 0.25) is 0 Å². The molecule has 1 rings (SSSR count). The molecule has 1 aromatic carbocycles. The van der Waals surface area contributed by atoms with Crippen molar-refractivity contribution in [3.8, 4) is 0 Å². The number of nitrogens with one attached hydrogen (secondary N) is 2. The first-order chi connectivity index (χ1) is 8.85. The van der Waals surface area contributed by atoms with Crippen molar-refractivity contribution in [1.29, 1.82) is 0 Å². The SMILES string of the molecule is COCCNS(=O)(=O)Nc1cc(Br)ccc1C(N)=S. The van der Waals surface area contributed by atoms with Gasteiger partial charge in [0.05, 0.1) is 12.3 Å². The molecule has 19 heavy (non-hydrogen) atoms. The van der Waals surface area contributed by atoms with E-state index in [2.05, 4.69) is 25.4 Å². The van der Waals surface area contributed by atoms with Gasteiger partial charge in [-0.2, -0.15) is 13.1 Å². The number of hydrogen-bond acceptors (Lipinski definition) is 4. The van der Waals surface area contributed by atoms with Gasteiger partial charge in [-0.25, -0.2) is 0 Å². The Morgan fingerprint density at radius 1 is 1.53 bits per heavy atom. The van der Waals surface area contributed by atoms with Crippen molar-refractivity contribution < 1.29 is 13.2 Å². The van der Waals surface area contributed by atoms with E-state index in [1.54, 1.807) is 18.2 Å². The predicted molar refractivity (Wildman–Crippen MR) is 82.5 cm³/mol. The molecule has 0 saturated heterocycles. The van der Waals surface area contributed by atoms with Crippen LogP contribution in [-0.2, 0) is 14.9 Å². The summed E-state index contributed by atoms with van der Waals surface area (Å²) in [6.45, 7) is 0.448. The average Bonchev–Trinajstić information content (AvgIpc) is 2.28. The lowest BCUT2D eigenvalue weighted by Crippen LogP contribution is -2.33. The van der Waals surface area contributed by atoms with E-state index in [0.29, 0.717) is 15.7 Å². The third kappa shape index (κ3) is 5.41. The number of halogens is 1. The maximum atomic E-state index is 11.8. The molecule has 0 saturated carbocycles. The Hall–Kier alpha value is -0.740. The summed E-state index contributed by atoms with van der Waals surface area (Å²) in [4.78, 5) is 0.113. The van der Waals surface area contributed by atoms with Crippen LogP contribution in [0, 0.1) is 0 Å². The average molecular weight is 368 g/mol. The van der Waals surface area contributed by atoms with Crippen LogP contribution >= 0.6 is 28.1 Å². The zero-order valence-electron chi connectivity index (χ0n) is 10.1. The van der Waals surface area contributed by atoms with Crippen LogP contribution in [0.15, 0.2) is 22.7 Å². The van der Waals surface area contributed by atoms with Crippen molar-refractivity contribution in [3.63, 3.8) is 0 Å². The molecule has 0 atom stereocenters. The van der Waals surface area contributed by atoms with Crippen molar-refractivity contribution in [2.75, 3.05) is 25.0 Å². The highest BCUT2D eigenvalue weighted by atomic mass is 79.9. The molecule has 0 amide bonds. The first-order valence-electron chi connectivity index (χ1n) is 5.21. The highest BCUT2D eigenvalue weighted by molar-refractivity contribution is 9.10. The van der Waals surface area contributed by atoms with Crippen LogP contribution in [0.5, 0.6) is 0 Å². The molecule has 0 aliphatic rings. The normalized spacial score (nSPS) is 11.3. The van der Waals surface area contributed by atoms with Crippen LogP contribution in [0.4, 0.5) is 5.69 Å². The van der Waals surface area contributed by atoms with Gasteiger partial charge in [0, 0.05) is 23.7 Å². The molecule has 0 fully saturated rings. The van der Waals surface area contributed by atoms with Crippen molar-refractivity contribution in [2.24, 2.45) is 5.73 Å². The number of nitrogens with two attached hydrogens (primary N) is 1. The van der Waals surface area contributed by atoms with Gasteiger partial charge in [0.15, 0.2) is 0 Å². The van der Waals surface area contributed by atoms with E-state index >= 15 is 0 Å². The van der Waals surface area contributed by atoms with Gasteiger partial charge < -0.3 is 10.5 Å². The summed E-state index contributed by atoms with van der Waals surface area (Å²) in [5.74, 6) is 0. The monoisotopic (exact) mass is 367 g/mol. The highest BCUT2D eigenvalue weighted by Gasteiger charge is 2.13. The smallest absolute Gasteiger partial charge is 0.299 e. The number of methoxy groups -OCH3 is 1. The van der Waals surface area contributed by atoms with Gasteiger partial charge in [-0.3, -0.25) is 4.72 Å². The molecule has 0 aliphatic heterocycles. The molecular formula is C10H14BrN3O3S2. The molecule has 4 N–H and O–H groups in total. The van der Waals surface area contributed by atoms with Gasteiger partial charge in [0.1, 0.15) is 4.99 Å².